The highest BCUT2D eigenvalue weighted by molar-refractivity contribution is 5.95. The van der Waals surface area contributed by atoms with Crippen LogP contribution in [-0.4, -0.2) is 24.1 Å². The highest BCUT2D eigenvalue weighted by Crippen LogP contribution is 2.25. The Kier molecular flexibility index (Phi) is 4.88. The number of ether oxygens (including phenoxy) is 1. The lowest BCUT2D eigenvalue weighted by Gasteiger charge is -2.21. The Hall–Kier alpha value is -2.40. The van der Waals surface area contributed by atoms with Crippen LogP contribution in [0, 0.1) is 12.8 Å². The molecule has 23 heavy (non-hydrogen) atoms. The summed E-state index contributed by atoms with van der Waals surface area (Å²) >= 11 is 0. The number of carbonyl (C=O) groups is 1. The lowest BCUT2D eigenvalue weighted by atomic mass is 9.99. The maximum Gasteiger partial charge on any atom is 0.227 e. The van der Waals surface area contributed by atoms with Gasteiger partial charge in [-0.2, -0.15) is 0 Å². The van der Waals surface area contributed by atoms with Crippen molar-refractivity contribution in [3.63, 3.8) is 0 Å². The Bertz CT molecular complexity index is 664. The van der Waals surface area contributed by atoms with Gasteiger partial charge in [-0.25, -0.2) is 4.98 Å². The minimum atomic E-state index is 0.0104. The Morgan fingerprint density at radius 1 is 1.17 bits per heavy atom. The second-order valence-electron chi connectivity index (χ2n) is 5.77. The smallest absolute Gasteiger partial charge is 0.227 e. The van der Waals surface area contributed by atoms with E-state index in [9.17, 15) is 4.79 Å². The number of anilines is 3. The molecule has 2 heterocycles. The van der Waals surface area contributed by atoms with Crippen LogP contribution in [0.5, 0.6) is 0 Å². The van der Waals surface area contributed by atoms with Gasteiger partial charge < -0.3 is 15.4 Å². The van der Waals surface area contributed by atoms with Gasteiger partial charge in [0.1, 0.15) is 0 Å². The van der Waals surface area contributed by atoms with Crippen molar-refractivity contribution in [1.29, 1.82) is 0 Å². The third-order valence-corrected chi connectivity index (χ3v) is 3.97. The molecule has 1 aromatic heterocycles. The number of amides is 1. The molecule has 5 nitrogen and oxygen atoms in total. The van der Waals surface area contributed by atoms with Crippen LogP contribution < -0.4 is 10.6 Å². The number of rotatable bonds is 4. The molecule has 0 spiro atoms. The van der Waals surface area contributed by atoms with Crippen molar-refractivity contribution in [1.82, 2.24) is 4.98 Å². The predicted molar refractivity (Wildman–Crippen MR) is 90.9 cm³/mol. The van der Waals surface area contributed by atoms with Gasteiger partial charge in [0.15, 0.2) is 5.82 Å². The summed E-state index contributed by atoms with van der Waals surface area (Å²) in [7, 11) is 0. The number of carbonyl (C=O) groups excluding carboxylic acids is 1. The highest BCUT2D eigenvalue weighted by atomic mass is 16.5. The molecule has 2 N–H and O–H groups in total. The standard InChI is InChI=1S/C18H21N3O2/c1-13-4-6-15(7-5-13)20-17-16(3-2-10-19-17)21-18(22)14-8-11-23-12-9-14/h2-7,10,14H,8-9,11-12H2,1H3,(H,19,20)(H,21,22). The van der Waals surface area contributed by atoms with E-state index in [2.05, 4.69) is 15.6 Å². The van der Waals surface area contributed by atoms with E-state index in [1.165, 1.54) is 5.56 Å². The van der Waals surface area contributed by atoms with Gasteiger partial charge in [-0.3, -0.25) is 4.79 Å². The molecule has 1 amide bonds. The van der Waals surface area contributed by atoms with Crippen LogP contribution in [0.3, 0.4) is 0 Å². The number of pyridine rings is 1. The molecule has 0 aliphatic carbocycles. The average molecular weight is 311 g/mol. The SMILES string of the molecule is Cc1ccc(Nc2ncccc2NC(=O)C2CCOCC2)cc1. The summed E-state index contributed by atoms with van der Waals surface area (Å²) in [5.41, 5.74) is 2.84. The number of aromatic nitrogens is 1. The van der Waals surface area contributed by atoms with E-state index in [1.807, 2.05) is 43.3 Å². The van der Waals surface area contributed by atoms with E-state index < -0.39 is 0 Å². The first-order valence-electron chi connectivity index (χ1n) is 7.90. The second-order valence-corrected chi connectivity index (χ2v) is 5.77. The van der Waals surface area contributed by atoms with E-state index >= 15 is 0 Å². The van der Waals surface area contributed by atoms with Gasteiger partial charge in [0.25, 0.3) is 0 Å². The molecule has 2 aromatic rings. The molecule has 120 valence electrons. The molecule has 5 heteroatoms. The quantitative estimate of drug-likeness (QED) is 0.907. The zero-order valence-corrected chi connectivity index (χ0v) is 13.2. The molecule has 3 rings (SSSR count). The Balaban J connectivity index is 1.72. The molecule has 0 saturated carbocycles. The molecule has 0 unspecified atom stereocenters. The average Bonchev–Trinajstić information content (AvgIpc) is 2.59. The van der Waals surface area contributed by atoms with Gasteiger partial charge in [0.05, 0.1) is 5.69 Å². The summed E-state index contributed by atoms with van der Waals surface area (Å²) in [5, 5.41) is 6.25. The van der Waals surface area contributed by atoms with Crippen LogP contribution >= 0.6 is 0 Å². The number of benzene rings is 1. The van der Waals surface area contributed by atoms with Crippen molar-refractivity contribution in [3.8, 4) is 0 Å². The summed E-state index contributed by atoms with van der Waals surface area (Å²) in [4.78, 5) is 16.7. The van der Waals surface area contributed by atoms with E-state index in [4.69, 9.17) is 4.74 Å². The first-order chi connectivity index (χ1) is 11.2. The third-order valence-electron chi connectivity index (χ3n) is 3.97. The number of aryl methyl sites for hydroxylation is 1. The van der Waals surface area contributed by atoms with Crippen LogP contribution in [0.4, 0.5) is 17.2 Å². The lowest BCUT2D eigenvalue weighted by Crippen LogP contribution is -2.28. The number of nitrogens with zero attached hydrogens (tertiary/aromatic N) is 1. The topological polar surface area (TPSA) is 63.2 Å². The van der Waals surface area contributed by atoms with Crippen LogP contribution in [0.25, 0.3) is 0 Å². The zero-order valence-electron chi connectivity index (χ0n) is 13.2. The van der Waals surface area contributed by atoms with Crippen molar-refractivity contribution in [2.45, 2.75) is 19.8 Å². The third kappa shape index (κ3) is 4.07. The van der Waals surface area contributed by atoms with Gasteiger partial charge in [-0.15, -0.1) is 0 Å². The van der Waals surface area contributed by atoms with Gasteiger partial charge in [0, 0.05) is 31.0 Å². The van der Waals surface area contributed by atoms with Crippen LogP contribution in [0.15, 0.2) is 42.6 Å². The largest absolute Gasteiger partial charge is 0.381 e. The van der Waals surface area contributed by atoms with E-state index in [0.717, 1.165) is 18.5 Å². The van der Waals surface area contributed by atoms with Crippen LogP contribution in [0.2, 0.25) is 0 Å². The Morgan fingerprint density at radius 2 is 1.91 bits per heavy atom. The number of hydrogen-bond donors (Lipinski definition) is 2. The van der Waals surface area contributed by atoms with Crippen molar-refractivity contribution < 1.29 is 9.53 Å². The van der Waals surface area contributed by atoms with E-state index in [-0.39, 0.29) is 11.8 Å². The highest BCUT2D eigenvalue weighted by Gasteiger charge is 2.22. The minimum Gasteiger partial charge on any atom is -0.381 e. The fraction of sp³-hybridized carbons (Fsp3) is 0.333. The molecule has 1 aromatic carbocycles. The fourth-order valence-electron chi connectivity index (χ4n) is 2.57. The summed E-state index contributed by atoms with van der Waals surface area (Å²) in [6.07, 6.45) is 3.25. The van der Waals surface area contributed by atoms with Crippen molar-refractivity contribution in [3.05, 3.63) is 48.2 Å². The molecule has 1 aliphatic rings. The van der Waals surface area contributed by atoms with Crippen LogP contribution in [0.1, 0.15) is 18.4 Å². The number of nitrogens with one attached hydrogen (secondary N) is 2. The summed E-state index contributed by atoms with van der Waals surface area (Å²) < 4.78 is 5.31. The fourth-order valence-corrected chi connectivity index (χ4v) is 2.57. The molecular formula is C18H21N3O2. The molecule has 1 fully saturated rings. The predicted octanol–water partition coefficient (Wildman–Crippen LogP) is 3.50. The van der Waals surface area contributed by atoms with E-state index in [0.29, 0.717) is 24.7 Å². The monoisotopic (exact) mass is 311 g/mol. The summed E-state index contributed by atoms with van der Waals surface area (Å²) in [6.45, 7) is 3.35. The lowest BCUT2D eigenvalue weighted by molar-refractivity contribution is -0.122. The molecule has 1 saturated heterocycles. The maximum absolute atomic E-state index is 12.4. The summed E-state index contributed by atoms with van der Waals surface area (Å²) in [5.74, 6) is 0.696. The van der Waals surface area contributed by atoms with Gasteiger partial charge in [0.2, 0.25) is 5.91 Å². The number of hydrogen-bond acceptors (Lipinski definition) is 4. The molecular weight excluding hydrogens is 290 g/mol. The molecule has 0 bridgehead atoms. The van der Waals surface area contributed by atoms with Crippen molar-refractivity contribution in [2.24, 2.45) is 5.92 Å². The molecule has 0 atom stereocenters. The zero-order chi connectivity index (χ0) is 16.1. The Labute approximate surface area is 136 Å². The van der Waals surface area contributed by atoms with Crippen molar-refractivity contribution >= 4 is 23.1 Å². The second kappa shape index (κ2) is 7.24. The van der Waals surface area contributed by atoms with Gasteiger partial charge in [-0.05, 0) is 44.0 Å². The van der Waals surface area contributed by atoms with E-state index in [1.54, 1.807) is 6.20 Å². The first-order valence-corrected chi connectivity index (χ1v) is 7.90. The molecule has 0 radical (unpaired) electrons. The Morgan fingerprint density at radius 3 is 2.65 bits per heavy atom. The van der Waals surface area contributed by atoms with Crippen LogP contribution in [-0.2, 0) is 9.53 Å². The van der Waals surface area contributed by atoms with Gasteiger partial charge in [-0.1, -0.05) is 17.7 Å². The first kappa shape index (κ1) is 15.5. The van der Waals surface area contributed by atoms with Crippen molar-refractivity contribution in [2.75, 3.05) is 23.8 Å². The molecule has 1 aliphatic heterocycles. The van der Waals surface area contributed by atoms with Gasteiger partial charge >= 0.3 is 0 Å². The maximum atomic E-state index is 12.4. The minimum absolute atomic E-state index is 0.0104. The summed E-state index contributed by atoms with van der Waals surface area (Å²) in [6, 6.07) is 11.7. The normalized spacial score (nSPS) is 15.2.